The van der Waals surface area contributed by atoms with Crippen molar-refractivity contribution in [2.45, 2.75) is 18.9 Å². The Bertz CT molecular complexity index is 882. The first kappa shape index (κ1) is 17.2. The molecule has 2 heterocycles. The molecule has 1 atom stereocenters. The van der Waals surface area contributed by atoms with E-state index in [0.717, 1.165) is 6.42 Å². The Labute approximate surface area is 156 Å². The van der Waals surface area contributed by atoms with Crippen LogP contribution in [0.3, 0.4) is 0 Å². The van der Waals surface area contributed by atoms with Gasteiger partial charge < -0.3 is 19.5 Å². The summed E-state index contributed by atoms with van der Waals surface area (Å²) in [6, 6.07) is 11.8. The second-order valence-corrected chi connectivity index (χ2v) is 6.35. The van der Waals surface area contributed by atoms with Gasteiger partial charge in [0.1, 0.15) is 11.8 Å². The van der Waals surface area contributed by atoms with Gasteiger partial charge in [-0.15, -0.1) is 0 Å². The van der Waals surface area contributed by atoms with E-state index < -0.39 is 6.04 Å². The quantitative estimate of drug-likeness (QED) is 0.836. The van der Waals surface area contributed by atoms with E-state index in [9.17, 15) is 9.59 Å². The number of anilines is 2. The van der Waals surface area contributed by atoms with Gasteiger partial charge in [-0.3, -0.25) is 9.59 Å². The molecule has 140 valence electrons. The molecule has 0 bridgehead atoms. The van der Waals surface area contributed by atoms with Gasteiger partial charge in [-0.1, -0.05) is 12.1 Å². The number of hydrogen-bond donors (Lipinski definition) is 1. The van der Waals surface area contributed by atoms with E-state index in [0.29, 0.717) is 41.8 Å². The highest BCUT2D eigenvalue weighted by Gasteiger charge is 2.40. The number of nitrogens with one attached hydrogen (secondary N) is 1. The van der Waals surface area contributed by atoms with Crippen molar-refractivity contribution >= 4 is 23.2 Å². The van der Waals surface area contributed by atoms with Gasteiger partial charge in [-0.05, 0) is 24.3 Å². The van der Waals surface area contributed by atoms with Crippen molar-refractivity contribution in [2.75, 3.05) is 30.5 Å². The summed E-state index contributed by atoms with van der Waals surface area (Å²) in [6.07, 6.45) is 0.895. The third-order valence-electron chi connectivity index (χ3n) is 4.56. The average molecular weight is 368 g/mol. The van der Waals surface area contributed by atoms with Gasteiger partial charge in [0.2, 0.25) is 5.91 Å². The standard InChI is InChI=1S/C20H20N2O5/c1-25-16-6-3-2-5-15(16)22-19(23)12-14(20(22)24)21-13-7-8-17-18(11-13)27-10-4-9-26-17/h2-3,5-8,11,14,21H,4,9-10,12H2,1H3/t14-/m0/s1. The fourth-order valence-corrected chi connectivity index (χ4v) is 3.27. The molecule has 1 saturated heterocycles. The number of fused-ring (bicyclic) bond motifs is 1. The monoisotopic (exact) mass is 368 g/mol. The molecule has 2 aliphatic rings. The summed E-state index contributed by atoms with van der Waals surface area (Å²) in [6.45, 7) is 1.20. The molecule has 7 nitrogen and oxygen atoms in total. The molecular formula is C20H20N2O5. The van der Waals surface area contributed by atoms with Crippen LogP contribution in [0.1, 0.15) is 12.8 Å². The largest absolute Gasteiger partial charge is 0.495 e. The Balaban J connectivity index is 1.55. The minimum Gasteiger partial charge on any atom is -0.495 e. The van der Waals surface area contributed by atoms with Gasteiger partial charge >= 0.3 is 0 Å². The van der Waals surface area contributed by atoms with Gasteiger partial charge in [0, 0.05) is 18.2 Å². The SMILES string of the molecule is COc1ccccc1N1C(=O)C[C@H](Nc2ccc3c(c2)OCCCO3)C1=O. The number of rotatable bonds is 4. The molecule has 0 radical (unpaired) electrons. The number of imide groups is 1. The van der Waals surface area contributed by atoms with E-state index in [1.165, 1.54) is 12.0 Å². The lowest BCUT2D eigenvalue weighted by Crippen LogP contribution is -2.35. The van der Waals surface area contributed by atoms with Crippen LogP contribution in [0.2, 0.25) is 0 Å². The van der Waals surface area contributed by atoms with Crippen LogP contribution >= 0.6 is 0 Å². The molecule has 0 spiro atoms. The predicted molar refractivity (Wildman–Crippen MR) is 99.6 cm³/mol. The summed E-state index contributed by atoms with van der Waals surface area (Å²) >= 11 is 0. The van der Waals surface area contributed by atoms with Gasteiger partial charge in [0.15, 0.2) is 11.5 Å². The van der Waals surface area contributed by atoms with Gasteiger partial charge in [-0.2, -0.15) is 0 Å². The summed E-state index contributed by atoms with van der Waals surface area (Å²) in [5.74, 6) is 1.22. The first-order valence-electron chi connectivity index (χ1n) is 8.83. The Hall–Kier alpha value is -3.22. The fourth-order valence-electron chi connectivity index (χ4n) is 3.27. The predicted octanol–water partition coefficient (Wildman–Crippen LogP) is 2.60. The third kappa shape index (κ3) is 3.28. The number of carbonyl (C=O) groups excluding carboxylic acids is 2. The number of carbonyl (C=O) groups is 2. The van der Waals surface area contributed by atoms with E-state index in [1.54, 1.807) is 30.3 Å². The Morgan fingerprint density at radius 2 is 1.85 bits per heavy atom. The lowest BCUT2D eigenvalue weighted by atomic mass is 10.2. The molecule has 7 heteroatoms. The second kappa shape index (κ2) is 7.19. The minimum absolute atomic E-state index is 0.0747. The maximum absolute atomic E-state index is 12.9. The first-order chi connectivity index (χ1) is 13.2. The van der Waals surface area contributed by atoms with Gasteiger partial charge in [-0.25, -0.2) is 4.90 Å². The normalized spacial score (nSPS) is 19.0. The van der Waals surface area contributed by atoms with Crippen molar-refractivity contribution in [1.82, 2.24) is 0 Å². The van der Waals surface area contributed by atoms with Crippen LogP contribution in [0.25, 0.3) is 0 Å². The van der Waals surface area contributed by atoms with E-state index in [-0.39, 0.29) is 18.2 Å². The zero-order chi connectivity index (χ0) is 18.8. The molecule has 0 aliphatic carbocycles. The topological polar surface area (TPSA) is 77.1 Å². The molecule has 2 aromatic rings. The molecule has 2 amide bonds. The summed E-state index contributed by atoms with van der Waals surface area (Å²) in [4.78, 5) is 26.5. The number of benzene rings is 2. The highest BCUT2D eigenvalue weighted by atomic mass is 16.5. The average Bonchev–Trinajstić information content (AvgIpc) is 2.85. The highest BCUT2D eigenvalue weighted by Crippen LogP contribution is 2.35. The number of hydrogen-bond acceptors (Lipinski definition) is 6. The number of para-hydroxylation sites is 2. The van der Waals surface area contributed by atoms with Crippen molar-refractivity contribution in [3.05, 3.63) is 42.5 Å². The third-order valence-corrected chi connectivity index (χ3v) is 4.56. The second-order valence-electron chi connectivity index (χ2n) is 6.35. The van der Waals surface area contributed by atoms with Crippen LogP contribution < -0.4 is 24.4 Å². The van der Waals surface area contributed by atoms with E-state index in [4.69, 9.17) is 14.2 Å². The minimum atomic E-state index is -0.646. The van der Waals surface area contributed by atoms with Crippen LogP contribution in [0, 0.1) is 0 Å². The summed E-state index contributed by atoms with van der Waals surface area (Å²) < 4.78 is 16.6. The molecule has 2 aromatic carbocycles. The van der Waals surface area contributed by atoms with Crippen molar-refractivity contribution in [3.63, 3.8) is 0 Å². The Morgan fingerprint density at radius 1 is 1.07 bits per heavy atom. The zero-order valence-electron chi connectivity index (χ0n) is 14.9. The van der Waals surface area contributed by atoms with Crippen molar-refractivity contribution in [3.8, 4) is 17.2 Å². The number of nitrogens with zero attached hydrogens (tertiary/aromatic N) is 1. The van der Waals surface area contributed by atoms with Gasteiger partial charge in [0.05, 0.1) is 32.4 Å². The van der Waals surface area contributed by atoms with Crippen LogP contribution in [-0.4, -0.2) is 38.2 Å². The van der Waals surface area contributed by atoms with Crippen LogP contribution in [0.5, 0.6) is 17.2 Å². The number of ether oxygens (including phenoxy) is 3. The molecule has 1 fully saturated rings. The van der Waals surface area contributed by atoms with Crippen LogP contribution in [-0.2, 0) is 9.59 Å². The maximum atomic E-state index is 12.9. The Kier molecular flexibility index (Phi) is 4.58. The lowest BCUT2D eigenvalue weighted by Gasteiger charge is -2.18. The summed E-state index contributed by atoms with van der Waals surface area (Å²) in [7, 11) is 1.51. The van der Waals surface area contributed by atoms with Crippen LogP contribution in [0.15, 0.2) is 42.5 Å². The summed E-state index contributed by atoms with van der Waals surface area (Å²) in [5.41, 5.74) is 1.16. The van der Waals surface area contributed by atoms with Gasteiger partial charge in [0.25, 0.3) is 5.91 Å². The molecule has 0 unspecified atom stereocenters. The Morgan fingerprint density at radius 3 is 2.67 bits per heavy atom. The highest BCUT2D eigenvalue weighted by molar-refractivity contribution is 6.23. The molecular weight excluding hydrogens is 348 g/mol. The van der Waals surface area contributed by atoms with Crippen LogP contribution in [0.4, 0.5) is 11.4 Å². The molecule has 27 heavy (non-hydrogen) atoms. The molecule has 0 aromatic heterocycles. The number of methoxy groups -OCH3 is 1. The zero-order valence-corrected chi connectivity index (χ0v) is 14.9. The van der Waals surface area contributed by atoms with Crippen molar-refractivity contribution < 1.29 is 23.8 Å². The molecule has 4 rings (SSSR count). The first-order valence-corrected chi connectivity index (χ1v) is 8.83. The summed E-state index contributed by atoms with van der Waals surface area (Å²) in [5, 5.41) is 3.14. The number of amides is 2. The van der Waals surface area contributed by atoms with E-state index in [1.807, 2.05) is 12.1 Å². The molecule has 0 saturated carbocycles. The van der Waals surface area contributed by atoms with E-state index >= 15 is 0 Å². The molecule has 1 N–H and O–H groups in total. The van der Waals surface area contributed by atoms with Crippen molar-refractivity contribution in [1.29, 1.82) is 0 Å². The molecule has 2 aliphatic heterocycles. The smallest absolute Gasteiger partial charge is 0.256 e. The fraction of sp³-hybridized carbons (Fsp3) is 0.300. The maximum Gasteiger partial charge on any atom is 0.256 e. The van der Waals surface area contributed by atoms with Crippen molar-refractivity contribution in [2.24, 2.45) is 0 Å². The van der Waals surface area contributed by atoms with E-state index in [2.05, 4.69) is 5.32 Å². The lowest BCUT2D eigenvalue weighted by molar-refractivity contribution is -0.121.